The smallest absolute Gasteiger partial charge is 0.275 e. The Kier molecular flexibility index (Phi) is 3.70. The number of aromatic nitrogens is 2. The number of rotatable bonds is 4. The van der Waals surface area contributed by atoms with Crippen LogP contribution in [0.1, 0.15) is 12.5 Å². The minimum Gasteiger partial charge on any atom is -0.370 e. The summed E-state index contributed by atoms with van der Waals surface area (Å²) in [7, 11) is 0. The molecule has 2 aromatic rings. The standard InChI is InChI=1S/C13H14N4O2/c1-3-15-13-7-10(17(18)19)6-12(16-13)11-8-14-5-4-9(11)2/h4-8H,3H2,1-2H3,(H,15,16). The molecule has 6 heteroatoms. The first-order valence-corrected chi connectivity index (χ1v) is 5.93. The summed E-state index contributed by atoms with van der Waals surface area (Å²) in [6.45, 7) is 4.49. The van der Waals surface area contributed by atoms with E-state index >= 15 is 0 Å². The SMILES string of the molecule is CCNc1cc([N+](=O)[O-])cc(-c2cnccc2C)n1. The molecule has 2 rings (SSSR count). The fraction of sp³-hybridized carbons (Fsp3) is 0.231. The Labute approximate surface area is 110 Å². The van der Waals surface area contributed by atoms with Crippen LogP contribution in [0.5, 0.6) is 0 Å². The fourth-order valence-electron chi connectivity index (χ4n) is 1.76. The molecule has 0 aliphatic carbocycles. The van der Waals surface area contributed by atoms with Crippen molar-refractivity contribution in [2.24, 2.45) is 0 Å². The highest BCUT2D eigenvalue weighted by Crippen LogP contribution is 2.26. The van der Waals surface area contributed by atoms with E-state index in [0.717, 1.165) is 11.1 Å². The number of hydrogen-bond acceptors (Lipinski definition) is 5. The molecule has 1 N–H and O–H groups in total. The summed E-state index contributed by atoms with van der Waals surface area (Å²) in [5.41, 5.74) is 2.34. The van der Waals surface area contributed by atoms with Crippen molar-refractivity contribution < 1.29 is 4.92 Å². The zero-order valence-electron chi connectivity index (χ0n) is 10.8. The van der Waals surface area contributed by atoms with Crippen molar-refractivity contribution in [2.45, 2.75) is 13.8 Å². The van der Waals surface area contributed by atoms with Crippen LogP contribution >= 0.6 is 0 Å². The van der Waals surface area contributed by atoms with Crippen LogP contribution in [0.4, 0.5) is 11.5 Å². The first-order valence-electron chi connectivity index (χ1n) is 5.93. The van der Waals surface area contributed by atoms with E-state index in [1.807, 2.05) is 19.9 Å². The molecule has 0 bridgehead atoms. The molecular formula is C13H14N4O2. The molecule has 0 saturated heterocycles. The first kappa shape index (κ1) is 12.9. The van der Waals surface area contributed by atoms with Gasteiger partial charge in [-0.2, -0.15) is 0 Å². The lowest BCUT2D eigenvalue weighted by atomic mass is 10.1. The number of hydrogen-bond donors (Lipinski definition) is 1. The first-order chi connectivity index (χ1) is 9.11. The van der Waals surface area contributed by atoms with Crippen molar-refractivity contribution in [3.05, 3.63) is 46.3 Å². The van der Waals surface area contributed by atoms with Crippen molar-refractivity contribution in [3.8, 4) is 11.3 Å². The summed E-state index contributed by atoms with van der Waals surface area (Å²) >= 11 is 0. The van der Waals surface area contributed by atoms with E-state index in [4.69, 9.17) is 0 Å². The molecule has 6 nitrogen and oxygen atoms in total. The molecule has 0 aliphatic rings. The van der Waals surface area contributed by atoms with E-state index in [9.17, 15) is 10.1 Å². The van der Waals surface area contributed by atoms with Crippen LogP contribution < -0.4 is 5.32 Å². The molecule has 2 heterocycles. The second kappa shape index (κ2) is 5.43. The predicted octanol–water partition coefficient (Wildman–Crippen LogP) is 2.79. The Bertz CT molecular complexity index is 613. The van der Waals surface area contributed by atoms with Gasteiger partial charge in [-0.25, -0.2) is 4.98 Å². The van der Waals surface area contributed by atoms with Gasteiger partial charge < -0.3 is 5.32 Å². The number of nitro groups is 1. The molecule has 0 aromatic carbocycles. The van der Waals surface area contributed by atoms with Crippen LogP contribution in [0, 0.1) is 17.0 Å². The van der Waals surface area contributed by atoms with Gasteiger partial charge in [-0.15, -0.1) is 0 Å². The molecule has 98 valence electrons. The number of nitrogens with one attached hydrogen (secondary N) is 1. The summed E-state index contributed by atoms with van der Waals surface area (Å²) in [5, 5.41) is 14.0. The zero-order valence-corrected chi connectivity index (χ0v) is 10.8. The lowest BCUT2D eigenvalue weighted by molar-refractivity contribution is -0.384. The predicted molar refractivity (Wildman–Crippen MR) is 73.0 cm³/mol. The van der Waals surface area contributed by atoms with Gasteiger partial charge in [0.05, 0.1) is 16.7 Å². The van der Waals surface area contributed by atoms with Crippen molar-refractivity contribution in [1.82, 2.24) is 9.97 Å². The lowest BCUT2D eigenvalue weighted by Crippen LogP contribution is -2.02. The van der Waals surface area contributed by atoms with Gasteiger partial charge in [0, 0.05) is 30.6 Å². The molecule has 0 saturated carbocycles. The Morgan fingerprint density at radius 1 is 1.42 bits per heavy atom. The highest BCUT2D eigenvalue weighted by atomic mass is 16.6. The lowest BCUT2D eigenvalue weighted by Gasteiger charge is -2.07. The molecule has 2 aromatic heterocycles. The maximum atomic E-state index is 11.0. The summed E-state index contributed by atoms with van der Waals surface area (Å²) in [4.78, 5) is 19.0. The maximum Gasteiger partial charge on any atom is 0.275 e. The highest BCUT2D eigenvalue weighted by Gasteiger charge is 2.13. The minimum atomic E-state index is -0.419. The molecule has 0 radical (unpaired) electrons. The average Bonchev–Trinajstić information content (AvgIpc) is 2.39. The molecule has 0 unspecified atom stereocenters. The van der Waals surface area contributed by atoms with Crippen molar-refractivity contribution in [2.75, 3.05) is 11.9 Å². The topological polar surface area (TPSA) is 81.0 Å². The second-order valence-electron chi connectivity index (χ2n) is 4.07. The molecule has 0 amide bonds. The van der Waals surface area contributed by atoms with Gasteiger partial charge in [0.2, 0.25) is 0 Å². The largest absolute Gasteiger partial charge is 0.370 e. The van der Waals surface area contributed by atoms with Gasteiger partial charge in [0.25, 0.3) is 5.69 Å². The van der Waals surface area contributed by atoms with Gasteiger partial charge in [-0.1, -0.05) is 0 Å². The number of nitrogens with zero attached hydrogens (tertiary/aromatic N) is 3. The van der Waals surface area contributed by atoms with Gasteiger partial charge in [0.1, 0.15) is 5.82 Å². The highest BCUT2D eigenvalue weighted by molar-refractivity contribution is 5.67. The van der Waals surface area contributed by atoms with Crippen molar-refractivity contribution in [3.63, 3.8) is 0 Å². The van der Waals surface area contributed by atoms with Gasteiger partial charge in [-0.3, -0.25) is 15.1 Å². The summed E-state index contributed by atoms with van der Waals surface area (Å²) < 4.78 is 0. The molecule has 0 spiro atoms. The Morgan fingerprint density at radius 2 is 2.21 bits per heavy atom. The zero-order chi connectivity index (χ0) is 13.8. The third kappa shape index (κ3) is 2.85. The maximum absolute atomic E-state index is 11.0. The van der Waals surface area contributed by atoms with Crippen LogP contribution in [0.15, 0.2) is 30.6 Å². The van der Waals surface area contributed by atoms with E-state index in [2.05, 4.69) is 15.3 Å². The molecule has 19 heavy (non-hydrogen) atoms. The summed E-state index contributed by atoms with van der Waals surface area (Å²) in [5.74, 6) is 0.495. The molecule has 0 fully saturated rings. The Hall–Kier alpha value is -2.50. The third-order valence-electron chi connectivity index (χ3n) is 2.69. The van der Waals surface area contributed by atoms with Crippen molar-refractivity contribution >= 4 is 11.5 Å². The van der Waals surface area contributed by atoms with Crippen molar-refractivity contribution in [1.29, 1.82) is 0 Å². The van der Waals surface area contributed by atoms with E-state index in [0.29, 0.717) is 18.1 Å². The van der Waals surface area contributed by atoms with Crippen LogP contribution in [0.25, 0.3) is 11.3 Å². The van der Waals surface area contributed by atoms with Gasteiger partial charge in [0.15, 0.2) is 0 Å². The minimum absolute atomic E-state index is 0.0178. The number of anilines is 1. The van der Waals surface area contributed by atoms with E-state index in [1.54, 1.807) is 12.4 Å². The Morgan fingerprint density at radius 3 is 2.84 bits per heavy atom. The average molecular weight is 258 g/mol. The van der Waals surface area contributed by atoms with Crippen LogP contribution in [0.2, 0.25) is 0 Å². The van der Waals surface area contributed by atoms with E-state index < -0.39 is 4.92 Å². The van der Waals surface area contributed by atoms with Crippen LogP contribution in [-0.4, -0.2) is 21.4 Å². The molecular weight excluding hydrogens is 244 g/mol. The second-order valence-corrected chi connectivity index (χ2v) is 4.07. The van der Waals surface area contributed by atoms with Gasteiger partial charge >= 0.3 is 0 Å². The summed E-state index contributed by atoms with van der Waals surface area (Å²) in [6, 6.07) is 4.74. The Balaban J connectivity index is 2.56. The quantitative estimate of drug-likeness (QED) is 0.673. The number of aryl methyl sites for hydroxylation is 1. The van der Waals surface area contributed by atoms with Crippen LogP contribution in [0.3, 0.4) is 0 Å². The fourth-order valence-corrected chi connectivity index (χ4v) is 1.76. The monoisotopic (exact) mass is 258 g/mol. The van der Waals surface area contributed by atoms with Gasteiger partial charge in [-0.05, 0) is 25.5 Å². The molecule has 0 atom stereocenters. The summed E-state index contributed by atoms with van der Waals surface area (Å²) in [6.07, 6.45) is 3.35. The van der Waals surface area contributed by atoms with Crippen LogP contribution in [-0.2, 0) is 0 Å². The molecule has 0 aliphatic heterocycles. The van der Waals surface area contributed by atoms with E-state index in [-0.39, 0.29) is 5.69 Å². The normalized spacial score (nSPS) is 10.2. The number of pyridine rings is 2. The third-order valence-corrected chi connectivity index (χ3v) is 2.69. The van der Waals surface area contributed by atoms with E-state index in [1.165, 1.54) is 12.1 Å².